The molecule has 0 bridgehead atoms. The third kappa shape index (κ3) is 3.51. The molecule has 0 aromatic heterocycles. The van der Waals surface area contributed by atoms with Crippen molar-refractivity contribution < 1.29 is 19.1 Å². The molecule has 1 aliphatic heterocycles. The first-order valence-electron chi connectivity index (χ1n) is 8.57. The largest absolute Gasteiger partial charge is 0.479 e. The normalized spacial score (nSPS) is 21.2. The van der Waals surface area contributed by atoms with Gasteiger partial charge in [-0.2, -0.15) is 5.26 Å². The fourth-order valence-electron chi connectivity index (χ4n) is 3.63. The lowest BCUT2D eigenvalue weighted by Gasteiger charge is -2.37. The maximum absolute atomic E-state index is 12.9. The summed E-state index contributed by atoms with van der Waals surface area (Å²) < 4.78 is 10.9. The van der Waals surface area contributed by atoms with Crippen molar-refractivity contribution >= 4 is 11.7 Å². The van der Waals surface area contributed by atoms with E-state index in [1.807, 2.05) is 19.9 Å². The number of nitriles is 1. The first-order chi connectivity index (χ1) is 12.7. The molecule has 1 atom stereocenters. The van der Waals surface area contributed by atoms with E-state index in [1.54, 1.807) is 24.3 Å². The molecular formula is C20H21N3O4. The quantitative estimate of drug-likeness (QED) is 0.837. The zero-order valence-corrected chi connectivity index (χ0v) is 15.2. The second-order valence-electron chi connectivity index (χ2n) is 7.47. The number of rotatable bonds is 4. The number of ketones is 1. The van der Waals surface area contributed by atoms with Crippen molar-refractivity contribution in [2.45, 2.75) is 32.6 Å². The Kier molecular flexibility index (Phi) is 4.66. The number of allylic oxidation sites excluding steroid dienone is 2. The molecule has 1 heterocycles. The van der Waals surface area contributed by atoms with Crippen molar-refractivity contribution in [3.63, 3.8) is 0 Å². The molecule has 3 rings (SSSR count). The Hall–Kier alpha value is -3.27. The van der Waals surface area contributed by atoms with Crippen molar-refractivity contribution in [2.24, 2.45) is 16.9 Å². The Balaban J connectivity index is 2.08. The molecule has 7 heteroatoms. The van der Waals surface area contributed by atoms with Gasteiger partial charge in [0.1, 0.15) is 17.6 Å². The summed E-state index contributed by atoms with van der Waals surface area (Å²) in [5.41, 5.74) is 12.5. The maximum atomic E-state index is 12.9. The van der Waals surface area contributed by atoms with E-state index in [0.717, 1.165) is 0 Å². The van der Waals surface area contributed by atoms with E-state index in [0.29, 0.717) is 35.5 Å². The first-order valence-corrected chi connectivity index (χ1v) is 8.57. The minimum absolute atomic E-state index is 0.0680. The number of carbonyl (C=O) groups is 2. The summed E-state index contributed by atoms with van der Waals surface area (Å²) in [5.74, 6) is -0.556. The van der Waals surface area contributed by atoms with Crippen LogP contribution < -0.4 is 16.2 Å². The highest BCUT2D eigenvalue weighted by Crippen LogP contribution is 2.48. The average molecular weight is 367 g/mol. The van der Waals surface area contributed by atoms with Gasteiger partial charge in [0, 0.05) is 18.4 Å². The van der Waals surface area contributed by atoms with E-state index in [9.17, 15) is 9.59 Å². The molecule has 1 unspecified atom stereocenters. The highest BCUT2D eigenvalue weighted by atomic mass is 16.5. The van der Waals surface area contributed by atoms with E-state index in [-0.39, 0.29) is 29.3 Å². The highest BCUT2D eigenvalue weighted by Gasteiger charge is 2.44. The van der Waals surface area contributed by atoms with Gasteiger partial charge in [-0.3, -0.25) is 9.59 Å². The molecule has 4 N–H and O–H groups in total. The topological polar surface area (TPSA) is 128 Å². The summed E-state index contributed by atoms with van der Waals surface area (Å²) in [5, 5.41) is 8.61. The lowest BCUT2D eigenvalue weighted by atomic mass is 9.70. The van der Waals surface area contributed by atoms with Gasteiger partial charge in [0.25, 0.3) is 5.91 Å². The molecular weight excluding hydrogens is 346 g/mol. The van der Waals surface area contributed by atoms with Gasteiger partial charge in [-0.25, -0.2) is 0 Å². The fraction of sp³-hybridized carbons (Fsp3) is 0.350. The number of nitrogens with two attached hydrogens (primary N) is 2. The van der Waals surface area contributed by atoms with Crippen molar-refractivity contribution in [1.82, 2.24) is 0 Å². The van der Waals surface area contributed by atoms with Crippen LogP contribution in [-0.4, -0.2) is 18.3 Å². The molecule has 27 heavy (non-hydrogen) atoms. The van der Waals surface area contributed by atoms with Crippen LogP contribution in [0.3, 0.4) is 0 Å². The van der Waals surface area contributed by atoms with Crippen LogP contribution in [0.1, 0.15) is 38.2 Å². The molecule has 140 valence electrons. The van der Waals surface area contributed by atoms with Gasteiger partial charge in [0.15, 0.2) is 18.3 Å². The molecule has 2 aliphatic rings. The zero-order valence-electron chi connectivity index (χ0n) is 15.2. The third-order valence-corrected chi connectivity index (χ3v) is 4.74. The number of primary amides is 1. The van der Waals surface area contributed by atoms with E-state index >= 15 is 0 Å². The van der Waals surface area contributed by atoms with Gasteiger partial charge in [0.05, 0.1) is 11.5 Å². The van der Waals surface area contributed by atoms with E-state index in [1.165, 1.54) is 0 Å². The Bertz CT molecular complexity index is 904. The van der Waals surface area contributed by atoms with Crippen molar-refractivity contribution in [3.05, 3.63) is 52.6 Å². The second kappa shape index (κ2) is 6.80. The number of ether oxygens (including phenoxy) is 2. The van der Waals surface area contributed by atoms with Crippen LogP contribution >= 0.6 is 0 Å². The standard InChI is InChI=1S/C20H21N3O4/c1-20(2)9-13(24)16-14(10-20)27-19(23)17(18(22)25)15(16)11-3-5-12(6-4-11)26-8-7-21/h3-6,15H,8-10,23H2,1-2H3,(H2,22,25). The van der Waals surface area contributed by atoms with Crippen LogP contribution in [0.4, 0.5) is 0 Å². The van der Waals surface area contributed by atoms with E-state index in [4.69, 9.17) is 26.2 Å². The average Bonchev–Trinajstić information content (AvgIpc) is 2.57. The number of carbonyl (C=O) groups excluding carboxylic acids is 2. The van der Waals surface area contributed by atoms with Crippen molar-refractivity contribution in [3.8, 4) is 11.8 Å². The molecule has 0 spiro atoms. The lowest BCUT2D eigenvalue weighted by Crippen LogP contribution is -2.36. The zero-order chi connectivity index (χ0) is 19.8. The smallest absolute Gasteiger partial charge is 0.250 e. The molecule has 0 fully saturated rings. The highest BCUT2D eigenvalue weighted by molar-refractivity contribution is 6.04. The van der Waals surface area contributed by atoms with Crippen LogP contribution in [0.5, 0.6) is 5.75 Å². The first kappa shape index (κ1) is 18.5. The predicted octanol–water partition coefficient (Wildman–Crippen LogP) is 2.00. The maximum Gasteiger partial charge on any atom is 0.250 e. The van der Waals surface area contributed by atoms with Crippen LogP contribution in [0.25, 0.3) is 0 Å². The number of Topliss-reactive ketones (excluding diaryl/α,β-unsaturated/α-hetero) is 1. The SMILES string of the molecule is CC1(C)CC(=O)C2=C(C1)OC(N)=C(C(N)=O)C2c1ccc(OCC#N)cc1. The number of nitrogens with zero attached hydrogens (tertiary/aromatic N) is 1. The Morgan fingerprint density at radius 1 is 1.33 bits per heavy atom. The van der Waals surface area contributed by atoms with Gasteiger partial charge in [0.2, 0.25) is 0 Å². The molecule has 1 aromatic carbocycles. The van der Waals surface area contributed by atoms with Crippen molar-refractivity contribution in [1.29, 1.82) is 5.26 Å². The van der Waals surface area contributed by atoms with Gasteiger partial charge in [-0.05, 0) is 23.1 Å². The molecule has 1 amide bonds. The molecule has 0 saturated heterocycles. The van der Waals surface area contributed by atoms with Gasteiger partial charge < -0.3 is 20.9 Å². The summed E-state index contributed by atoms with van der Waals surface area (Å²) in [7, 11) is 0. The van der Waals surface area contributed by atoms with E-state index in [2.05, 4.69) is 0 Å². The monoisotopic (exact) mass is 367 g/mol. The molecule has 1 aliphatic carbocycles. The molecule has 7 nitrogen and oxygen atoms in total. The number of hydrogen-bond donors (Lipinski definition) is 2. The summed E-state index contributed by atoms with van der Waals surface area (Å²) in [6, 6.07) is 8.71. The third-order valence-electron chi connectivity index (χ3n) is 4.74. The summed E-state index contributed by atoms with van der Waals surface area (Å²) in [6.07, 6.45) is 0.891. The summed E-state index contributed by atoms with van der Waals surface area (Å²) >= 11 is 0. The van der Waals surface area contributed by atoms with Crippen LogP contribution in [0, 0.1) is 16.7 Å². The van der Waals surface area contributed by atoms with Crippen molar-refractivity contribution in [2.75, 3.05) is 6.61 Å². The van der Waals surface area contributed by atoms with E-state index < -0.39 is 11.8 Å². The summed E-state index contributed by atoms with van der Waals surface area (Å²) in [6.45, 7) is 3.90. The minimum atomic E-state index is -0.730. The van der Waals surface area contributed by atoms with Gasteiger partial charge in [-0.15, -0.1) is 0 Å². The number of hydrogen-bond acceptors (Lipinski definition) is 6. The number of benzene rings is 1. The van der Waals surface area contributed by atoms with Gasteiger partial charge >= 0.3 is 0 Å². The van der Waals surface area contributed by atoms with Crippen LogP contribution in [-0.2, 0) is 14.3 Å². The lowest BCUT2D eigenvalue weighted by molar-refractivity contribution is -0.119. The fourth-order valence-corrected chi connectivity index (χ4v) is 3.63. The predicted molar refractivity (Wildman–Crippen MR) is 96.8 cm³/mol. The molecule has 1 aromatic rings. The van der Waals surface area contributed by atoms with Crippen LogP contribution in [0.15, 0.2) is 47.1 Å². The molecule has 0 saturated carbocycles. The molecule has 0 radical (unpaired) electrons. The Morgan fingerprint density at radius 3 is 2.59 bits per heavy atom. The second-order valence-corrected chi connectivity index (χ2v) is 7.47. The Morgan fingerprint density at radius 2 is 2.00 bits per heavy atom. The van der Waals surface area contributed by atoms with Crippen LogP contribution in [0.2, 0.25) is 0 Å². The Labute approximate surface area is 157 Å². The minimum Gasteiger partial charge on any atom is -0.479 e. The number of amides is 1. The summed E-state index contributed by atoms with van der Waals surface area (Å²) in [4.78, 5) is 25.0. The van der Waals surface area contributed by atoms with Gasteiger partial charge in [-0.1, -0.05) is 26.0 Å².